The van der Waals surface area contributed by atoms with Crippen LogP contribution in [-0.2, 0) is 17.4 Å². The number of nitrogens with zero attached hydrogens (tertiary/aromatic N) is 3. The third kappa shape index (κ3) is 3.40. The highest BCUT2D eigenvalue weighted by Gasteiger charge is 2.42. The van der Waals surface area contributed by atoms with Crippen LogP contribution in [0.3, 0.4) is 0 Å². The Kier molecular flexibility index (Phi) is 5.84. The molecule has 0 unspecified atom stereocenters. The van der Waals surface area contributed by atoms with E-state index in [9.17, 15) is 9.59 Å². The van der Waals surface area contributed by atoms with Gasteiger partial charge in [-0.1, -0.05) is 0 Å². The van der Waals surface area contributed by atoms with Crippen LogP contribution in [0.4, 0.5) is 5.69 Å². The molecule has 2 N–H and O–H groups in total. The molecule has 0 bridgehead atoms. The normalized spacial score (nSPS) is 16.2. The van der Waals surface area contributed by atoms with Crippen LogP contribution in [0.5, 0.6) is 0 Å². The Balaban J connectivity index is 0.00000208. The smallest absolute Gasteiger partial charge is 0.264 e. The number of halogens is 2. The fraction of sp³-hybridized carbons (Fsp3) is 0.400. The van der Waals surface area contributed by atoms with Gasteiger partial charge in [-0.25, -0.2) is 0 Å². The van der Waals surface area contributed by atoms with E-state index in [1.54, 1.807) is 30.2 Å². The maximum Gasteiger partial charge on any atom is 0.264 e. The first-order valence-electron chi connectivity index (χ1n) is 7.41. The van der Waals surface area contributed by atoms with Crippen LogP contribution in [0.1, 0.15) is 12.8 Å². The van der Waals surface area contributed by atoms with E-state index in [2.05, 4.69) is 31.7 Å². The van der Waals surface area contributed by atoms with E-state index in [0.29, 0.717) is 23.0 Å². The lowest BCUT2D eigenvalue weighted by molar-refractivity contribution is -0.126. The SMILES string of the molecule is Cl.Cn1cc(NC(=O)C2(n3cccn3)CCNCC2)cc(Br)c1=O. The Hall–Kier alpha value is -1.64. The molecule has 1 aliphatic heterocycles. The Morgan fingerprint density at radius 2 is 2.12 bits per heavy atom. The van der Waals surface area contributed by atoms with Gasteiger partial charge in [0.15, 0.2) is 0 Å². The maximum absolute atomic E-state index is 13.0. The molecule has 0 atom stereocenters. The van der Waals surface area contributed by atoms with Gasteiger partial charge in [-0.2, -0.15) is 5.10 Å². The van der Waals surface area contributed by atoms with Gasteiger partial charge in [0.1, 0.15) is 5.54 Å². The van der Waals surface area contributed by atoms with Gasteiger partial charge < -0.3 is 15.2 Å². The van der Waals surface area contributed by atoms with E-state index >= 15 is 0 Å². The highest BCUT2D eigenvalue weighted by molar-refractivity contribution is 9.10. The first-order chi connectivity index (χ1) is 11.0. The lowest BCUT2D eigenvalue weighted by atomic mass is 9.87. The van der Waals surface area contributed by atoms with Crippen molar-refractivity contribution in [1.82, 2.24) is 19.7 Å². The number of carbonyl (C=O) groups excluding carboxylic acids is 1. The van der Waals surface area contributed by atoms with Crippen molar-refractivity contribution in [1.29, 1.82) is 0 Å². The molecule has 1 aliphatic rings. The van der Waals surface area contributed by atoms with Gasteiger partial charge in [0.25, 0.3) is 11.5 Å². The molecule has 3 rings (SSSR count). The molecule has 24 heavy (non-hydrogen) atoms. The number of piperidine rings is 1. The molecule has 1 saturated heterocycles. The molecule has 0 radical (unpaired) electrons. The lowest BCUT2D eigenvalue weighted by Gasteiger charge is -2.36. The fourth-order valence-electron chi connectivity index (χ4n) is 2.91. The number of anilines is 1. The summed E-state index contributed by atoms with van der Waals surface area (Å²) in [7, 11) is 1.65. The van der Waals surface area contributed by atoms with Crippen molar-refractivity contribution in [2.75, 3.05) is 18.4 Å². The molecule has 0 spiro atoms. The second-order valence-corrected chi connectivity index (χ2v) is 6.53. The molecule has 0 saturated carbocycles. The number of aryl methyl sites for hydroxylation is 1. The summed E-state index contributed by atoms with van der Waals surface area (Å²) < 4.78 is 3.58. The van der Waals surface area contributed by atoms with Crippen molar-refractivity contribution in [2.45, 2.75) is 18.4 Å². The average Bonchev–Trinajstić information content (AvgIpc) is 3.08. The van der Waals surface area contributed by atoms with Crippen molar-refractivity contribution in [3.8, 4) is 0 Å². The quantitative estimate of drug-likeness (QED) is 0.794. The number of hydrogen-bond acceptors (Lipinski definition) is 4. The van der Waals surface area contributed by atoms with Crippen LogP contribution in [0.2, 0.25) is 0 Å². The zero-order chi connectivity index (χ0) is 16.4. The van der Waals surface area contributed by atoms with Crippen LogP contribution < -0.4 is 16.2 Å². The van der Waals surface area contributed by atoms with Crippen LogP contribution in [0, 0.1) is 0 Å². The van der Waals surface area contributed by atoms with E-state index in [-0.39, 0.29) is 23.9 Å². The highest BCUT2D eigenvalue weighted by atomic mass is 79.9. The molecule has 1 amide bonds. The first-order valence-corrected chi connectivity index (χ1v) is 8.21. The molecule has 9 heteroatoms. The second-order valence-electron chi connectivity index (χ2n) is 5.68. The topological polar surface area (TPSA) is 81.0 Å². The van der Waals surface area contributed by atoms with Crippen LogP contribution >= 0.6 is 28.3 Å². The predicted molar refractivity (Wildman–Crippen MR) is 97.6 cm³/mol. The summed E-state index contributed by atoms with van der Waals surface area (Å²) in [6, 6.07) is 3.44. The number of carbonyl (C=O) groups is 1. The van der Waals surface area contributed by atoms with Gasteiger partial charge in [-0.3, -0.25) is 14.3 Å². The standard InChI is InChI=1S/C15H18BrN5O2.ClH/c1-20-10-11(9-12(16)13(20)22)19-14(23)15(3-6-17-7-4-15)21-8-2-5-18-21;/h2,5,8-10,17H,3-4,6-7H2,1H3,(H,19,23);1H. The number of pyridine rings is 1. The van der Waals surface area contributed by atoms with Crippen molar-refractivity contribution < 1.29 is 4.79 Å². The number of amides is 1. The number of nitrogens with one attached hydrogen (secondary N) is 2. The summed E-state index contributed by atoms with van der Waals surface area (Å²) in [4.78, 5) is 24.7. The van der Waals surface area contributed by atoms with Gasteiger partial charge in [-0.05, 0) is 54.0 Å². The van der Waals surface area contributed by atoms with E-state index in [4.69, 9.17) is 0 Å². The molecule has 3 heterocycles. The summed E-state index contributed by atoms with van der Waals surface area (Å²) in [6.45, 7) is 1.51. The fourth-order valence-corrected chi connectivity index (χ4v) is 3.44. The third-order valence-corrected chi connectivity index (χ3v) is 4.76. The lowest BCUT2D eigenvalue weighted by Crippen LogP contribution is -2.52. The predicted octanol–water partition coefficient (Wildman–Crippen LogP) is 1.48. The Bertz CT molecular complexity index is 742. The number of rotatable bonds is 3. The van der Waals surface area contributed by atoms with E-state index < -0.39 is 5.54 Å². The average molecular weight is 417 g/mol. The summed E-state index contributed by atoms with van der Waals surface area (Å²) in [5.74, 6) is -0.117. The number of aromatic nitrogens is 3. The minimum absolute atomic E-state index is 0. The van der Waals surface area contributed by atoms with Gasteiger partial charge in [0.2, 0.25) is 0 Å². The molecule has 7 nitrogen and oxygen atoms in total. The molecular formula is C15H19BrClN5O2. The van der Waals surface area contributed by atoms with Crippen molar-refractivity contribution in [3.63, 3.8) is 0 Å². The molecular weight excluding hydrogens is 398 g/mol. The van der Waals surface area contributed by atoms with Gasteiger partial charge in [0, 0.05) is 25.6 Å². The Morgan fingerprint density at radius 1 is 1.42 bits per heavy atom. The third-order valence-electron chi connectivity index (χ3n) is 4.19. The van der Waals surface area contributed by atoms with Gasteiger partial charge >= 0.3 is 0 Å². The van der Waals surface area contributed by atoms with Crippen LogP contribution in [-0.4, -0.2) is 33.3 Å². The van der Waals surface area contributed by atoms with E-state index in [1.165, 1.54) is 4.57 Å². The first kappa shape index (κ1) is 18.7. The minimum atomic E-state index is -0.712. The van der Waals surface area contributed by atoms with Gasteiger partial charge in [0.05, 0.1) is 10.2 Å². The number of hydrogen-bond donors (Lipinski definition) is 2. The molecule has 0 aromatic carbocycles. The highest BCUT2D eigenvalue weighted by Crippen LogP contribution is 2.28. The maximum atomic E-state index is 13.0. The summed E-state index contributed by atoms with van der Waals surface area (Å²) in [5.41, 5.74) is -0.281. The molecule has 2 aromatic heterocycles. The summed E-state index contributed by atoms with van der Waals surface area (Å²) in [5, 5.41) is 10.5. The van der Waals surface area contributed by atoms with Crippen molar-refractivity contribution in [2.24, 2.45) is 7.05 Å². The zero-order valence-corrected chi connectivity index (χ0v) is 15.6. The molecule has 2 aromatic rings. The zero-order valence-electron chi connectivity index (χ0n) is 13.2. The van der Waals surface area contributed by atoms with Crippen molar-refractivity contribution in [3.05, 3.63) is 45.5 Å². The summed E-state index contributed by atoms with van der Waals surface area (Å²) >= 11 is 3.22. The molecule has 130 valence electrons. The minimum Gasteiger partial charge on any atom is -0.323 e. The van der Waals surface area contributed by atoms with Crippen LogP contribution in [0.15, 0.2) is 40.0 Å². The Labute approximate surface area is 154 Å². The summed E-state index contributed by atoms with van der Waals surface area (Å²) in [6.07, 6.45) is 6.44. The van der Waals surface area contributed by atoms with Crippen molar-refractivity contribution >= 4 is 39.9 Å². The van der Waals surface area contributed by atoms with Gasteiger partial charge in [-0.15, -0.1) is 12.4 Å². The largest absolute Gasteiger partial charge is 0.323 e. The van der Waals surface area contributed by atoms with E-state index in [0.717, 1.165) is 13.1 Å². The monoisotopic (exact) mass is 415 g/mol. The Morgan fingerprint density at radius 3 is 2.71 bits per heavy atom. The molecule has 1 fully saturated rings. The molecule has 0 aliphatic carbocycles. The second kappa shape index (κ2) is 7.50. The van der Waals surface area contributed by atoms with Crippen LogP contribution in [0.25, 0.3) is 0 Å². The van der Waals surface area contributed by atoms with E-state index in [1.807, 2.05) is 12.3 Å².